The minimum Gasteiger partial charge on any atom is -0.478 e. The second-order valence-electron chi connectivity index (χ2n) is 8.43. The third kappa shape index (κ3) is 3.23. The molecule has 2 aromatic carbocycles. The molecule has 1 fully saturated rings. The van der Waals surface area contributed by atoms with Crippen LogP contribution in [0.4, 0.5) is 0 Å². The first kappa shape index (κ1) is 20.2. The number of esters is 2. The summed E-state index contributed by atoms with van der Waals surface area (Å²) in [6, 6.07) is 5.20. The first-order chi connectivity index (χ1) is 15.4. The molecule has 0 radical (unpaired) electrons. The molecule has 1 aliphatic heterocycles. The van der Waals surface area contributed by atoms with Gasteiger partial charge >= 0.3 is 23.9 Å². The van der Waals surface area contributed by atoms with Crippen molar-refractivity contribution in [1.29, 1.82) is 0 Å². The molecule has 4 aliphatic carbocycles. The molecule has 2 aromatic rings. The molecular formula is C24H20O8. The lowest BCUT2D eigenvalue weighted by molar-refractivity contribution is -0.0164. The van der Waals surface area contributed by atoms with Gasteiger partial charge in [-0.3, -0.25) is 0 Å². The zero-order chi connectivity index (χ0) is 22.6. The van der Waals surface area contributed by atoms with Crippen LogP contribution in [0.1, 0.15) is 101 Å². The zero-order valence-electron chi connectivity index (χ0n) is 17.1. The second-order valence-corrected chi connectivity index (χ2v) is 8.43. The molecule has 0 unspecified atom stereocenters. The number of cyclic esters (lactones) is 2. The Morgan fingerprint density at radius 3 is 1.62 bits per heavy atom. The molecular weight excluding hydrogens is 416 g/mol. The van der Waals surface area contributed by atoms with Crippen molar-refractivity contribution in [1.82, 2.24) is 0 Å². The van der Waals surface area contributed by atoms with Gasteiger partial charge in [-0.15, -0.1) is 0 Å². The van der Waals surface area contributed by atoms with Crippen molar-refractivity contribution < 1.29 is 38.9 Å². The van der Waals surface area contributed by atoms with E-state index in [-0.39, 0.29) is 29.9 Å². The van der Waals surface area contributed by atoms with Crippen molar-refractivity contribution in [2.75, 3.05) is 6.79 Å². The molecule has 5 aliphatic rings. The van der Waals surface area contributed by atoms with Crippen LogP contribution in [0.15, 0.2) is 24.3 Å². The van der Waals surface area contributed by atoms with Crippen molar-refractivity contribution >= 4 is 23.9 Å². The maximum atomic E-state index is 12.3. The third-order valence-corrected chi connectivity index (χ3v) is 6.71. The fraction of sp³-hybridized carbons (Fsp3) is 0.333. The highest BCUT2D eigenvalue weighted by molar-refractivity contribution is 6.04. The van der Waals surface area contributed by atoms with Crippen LogP contribution in [0.3, 0.4) is 0 Å². The van der Waals surface area contributed by atoms with E-state index in [1.54, 1.807) is 0 Å². The van der Waals surface area contributed by atoms with Crippen molar-refractivity contribution in [3.8, 4) is 0 Å². The van der Waals surface area contributed by atoms with E-state index in [9.17, 15) is 19.2 Å². The summed E-state index contributed by atoms with van der Waals surface area (Å²) in [7, 11) is 0. The van der Waals surface area contributed by atoms with E-state index in [0.29, 0.717) is 11.8 Å². The largest absolute Gasteiger partial charge is 0.478 e. The Morgan fingerprint density at radius 2 is 1.22 bits per heavy atom. The quantitative estimate of drug-likeness (QED) is 0.582. The van der Waals surface area contributed by atoms with Gasteiger partial charge in [0.1, 0.15) is 0 Å². The summed E-state index contributed by atoms with van der Waals surface area (Å²) >= 11 is 0. The smallest absolute Gasteiger partial charge is 0.341 e. The standard InChI is InChI=1S/C16H14O4.C8H6O4/c17-15-13-9-5-10(9)14(16(18)20-6-19-15)12-8-2-1-7(3-4-8)11(12)13;9-7(10)5-2-1-3-6(4-5)8(11)12/h7-8H,1-6H2;1-4H,(H,9,10)(H,11,12). The number of carbonyl (C=O) groups excluding carboxylic acids is 2. The van der Waals surface area contributed by atoms with Crippen molar-refractivity contribution in [3.63, 3.8) is 0 Å². The second kappa shape index (κ2) is 7.47. The lowest BCUT2D eigenvalue weighted by atomic mass is 9.64. The SMILES string of the molecule is O=C(O)c1cccc(C(=O)O)c1.O=C1OCOC(=O)c2c3c(c1c1c2C2CCC1CC2)C3. The summed E-state index contributed by atoms with van der Waals surface area (Å²) in [6.45, 7) is -0.263. The van der Waals surface area contributed by atoms with Gasteiger partial charge in [-0.05, 0) is 84.4 Å². The number of carboxylic acids is 2. The Morgan fingerprint density at radius 1 is 0.781 bits per heavy atom. The van der Waals surface area contributed by atoms with Crippen LogP contribution in [0.2, 0.25) is 0 Å². The van der Waals surface area contributed by atoms with Gasteiger partial charge < -0.3 is 19.7 Å². The number of aromatic carboxylic acids is 2. The number of carboxylic acid groups (broad SMARTS) is 2. The summed E-state index contributed by atoms with van der Waals surface area (Å²) in [5.74, 6) is -2.01. The normalized spacial score (nSPS) is 21.5. The van der Waals surface area contributed by atoms with E-state index in [1.165, 1.54) is 18.2 Å². The molecule has 164 valence electrons. The highest BCUT2D eigenvalue weighted by atomic mass is 16.7. The Labute approximate surface area is 182 Å². The first-order valence-corrected chi connectivity index (χ1v) is 10.5. The van der Waals surface area contributed by atoms with Crippen molar-refractivity contribution in [2.45, 2.75) is 43.9 Å². The minimum absolute atomic E-state index is 0.0186. The van der Waals surface area contributed by atoms with Gasteiger partial charge in [-0.2, -0.15) is 0 Å². The van der Waals surface area contributed by atoms with E-state index in [2.05, 4.69) is 0 Å². The fourth-order valence-corrected chi connectivity index (χ4v) is 5.26. The third-order valence-electron chi connectivity index (χ3n) is 6.71. The zero-order valence-corrected chi connectivity index (χ0v) is 17.1. The lowest BCUT2D eigenvalue weighted by Gasteiger charge is -2.39. The highest BCUT2D eigenvalue weighted by Gasteiger charge is 2.46. The van der Waals surface area contributed by atoms with Crippen LogP contribution in [0, 0.1) is 0 Å². The molecule has 8 heteroatoms. The van der Waals surface area contributed by atoms with Gasteiger partial charge in [0, 0.05) is 0 Å². The Kier molecular flexibility index (Phi) is 4.73. The predicted molar refractivity (Wildman–Crippen MR) is 109 cm³/mol. The lowest BCUT2D eigenvalue weighted by Crippen LogP contribution is -2.26. The van der Waals surface area contributed by atoms with Gasteiger partial charge in [0.05, 0.1) is 22.3 Å². The maximum Gasteiger partial charge on any atom is 0.341 e. The summed E-state index contributed by atoms with van der Waals surface area (Å²) in [6.07, 6.45) is 5.27. The maximum absolute atomic E-state index is 12.3. The van der Waals surface area contributed by atoms with Crippen LogP contribution < -0.4 is 0 Å². The predicted octanol–water partition coefficient (Wildman–Crippen LogP) is 3.71. The first-order valence-electron chi connectivity index (χ1n) is 10.5. The number of carbonyl (C=O) groups is 4. The monoisotopic (exact) mass is 436 g/mol. The van der Waals surface area contributed by atoms with Crippen LogP contribution in [0.5, 0.6) is 0 Å². The summed E-state index contributed by atoms with van der Waals surface area (Å²) in [4.78, 5) is 45.4. The molecule has 1 heterocycles. The van der Waals surface area contributed by atoms with E-state index < -0.39 is 11.9 Å². The Bertz CT molecular complexity index is 1100. The molecule has 0 aromatic heterocycles. The Balaban J connectivity index is 0.000000156. The number of ether oxygens (including phenoxy) is 2. The molecule has 7 rings (SSSR count). The van der Waals surface area contributed by atoms with E-state index >= 15 is 0 Å². The van der Waals surface area contributed by atoms with Crippen LogP contribution in [0.25, 0.3) is 0 Å². The average Bonchev–Trinajstić information content (AvgIpc) is 3.57. The van der Waals surface area contributed by atoms with Gasteiger partial charge in [-0.1, -0.05) is 6.07 Å². The molecule has 0 saturated heterocycles. The van der Waals surface area contributed by atoms with Gasteiger partial charge in [0.15, 0.2) is 0 Å². The van der Waals surface area contributed by atoms with Gasteiger partial charge in [0.2, 0.25) is 6.79 Å². The molecule has 0 amide bonds. The molecule has 4 bridgehead atoms. The molecule has 32 heavy (non-hydrogen) atoms. The molecule has 2 N–H and O–H groups in total. The van der Waals surface area contributed by atoms with Gasteiger partial charge in [0.25, 0.3) is 0 Å². The number of hydrogen-bond donors (Lipinski definition) is 2. The minimum atomic E-state index is -1.13. The van der Waals surface area contributed by atoms with E-state index in [0.717, 1.165) is 71.6 Å². The fourth-order valence-electron chi connectivity index (χ4n) is 5.26. The summed E-state index contributed by atoms with van der Waals surface area (Å²) in [5.41, 5.74) is 5.83. The Hall–Kier alpha value is -3.68. The number of benzene rings is 2. The van der Waals surface area contributed by atoms with Crippen LogP contribution in [-0.4, -0.2) is 40.9 Å². The average molecular weight is 436 g/mol. The molecule has 0 spiro atoms. The van der Waals surface area contributed by atoms with E-state index in [1.807, 2.05) is 0 Å². The van der Waals surface area contributed by atoms with Gasteiger partial charge in [-0.25, -0.2) is 19.2 Å². The summed E-state index contributed by atoms with van der Waals surface area (Å²) in [5, 5.41) is 17.0. The highest BCUT2D eigenvalue weighted by Crippen LogP contribution is 2.56. The number of hydrogen-bond acceptors (Lipinski definition) is 6. The molecule has 0 atom stereocenters. The molecule has 1 saturated carbocycles. The van der Waals surface area contributed by atoms with Crippen molar-refractivity contribution in [2.24, 2.45) is 0 Å². The van der Waals surface area contributed by atoms with Crippen molar-refractivity contribution in [3.05, 3.63) is 68.8 Å². The topological polar surface area (TPSA) is 127 Å². The van der Waals surface area contributed by atoms with Crippen LogP contribution in [-0.2, 0) is 15.9 Å². The van der Waals surface area contributed by atoms with E-state index in [4.69, 9.17) is 19.7 Å². The number of rotatable bonds is 2. The summed E-state index contributed by atoms with van der Waals surface area (Å²) < 4.78 is 10.2. The molecule has 8 nitrogen and oxygen atoms in total. The number of fused-ring (bicyclic) bond motifs is 2. The van der Waals surface area contributed by atoms with Crippen LogP contribution >= 0.6 is 0 Å².